The number of ether oxygens (including phenoxy) is 1. The van der Waals surface area contributed by atoms with Crippen molar-refractivity contribution in [1.82, 2.24) is 10.2 Å². The number of hydrogen-bond acceptors (Lipinski definition) is 4. The molecule has 0 amide bonds. The second-order valence-corrected chi connectivity index (χ2v) is 4.36. The highest BCUT2D eigenvalue weighted by atomic mass is 19.2. The van der Waals surface area contributed by atoms with Gasteiger partial charge in [-0.1, -0.05) is 0 Å². The number of esters is 1. The Balaban J connectivity index is 1.78. The standard InChI is InChI=1S/C13H16F2N2O2/c14-11-2-1-10(9-12(11)15)13(18)19-8-7-17-5-3-16-4-6-17/h1-2,9,16H,3-8H2. The number of benzene rings is 1. The van der Waals surface area contributed by atoms with E-state index in [9.17, 15) is 13.6 Å². The topological polar surface area (TPSA) is 41.6 Å². The Morgan fingerprint density at radius 2 is 2.00 bits per heavy atom. The maximum atomic E-state index is 13.0. The van der Waals surface area contributed by atoms with Crippen molar-refractivity contribution in [2.24, 2.45) is 0 Å². The van der Waals surface area contributed by atoms with E-state index in [0.29, 0.717) is 6.54 Å². The highest BCUT2D eigenvalue weighted by Gasteiger charge is 2.13. The molecule has 1 aliphatic rings. The van der Waals surface area contributed by atoms with Crippen LogP contribution in [0.25, 0.3) is 0 Å². The van der Waals surface area contributed by atoms with E-state index in [2.05, 4.69) is 10.2 Å². The lowest BCUT2D eigenvalue weighted by Crippen LogP contribution is -2.44. The van der Waals surface area contributed by atoms with E-state index in [4.69, 9.17) is 4.74 Å². The van der Waals surface area contributed by atoms with Crippen LogP contribution in [0.4, 0.5) is 8.78 Å². The molecule has 0 saturated carbocycles. The van der Waals surface area contributed by atoms with E-state index in [1.807, 2.05) is 0 Å². The van der Waals surface area contributed by atoms with Crippen molar-refractivity contribution < 1.29 is 18.3 Å². The Hall–Kier alpha value is -1.53. The Labute approximate surface area is 110 Å². The molecule has 19 heavy (non-hydrogen) atoms. The Kier molecular flexibility index (Phi) is 4.81. The zero-order valence-electron chi connectivity index (χ0n) is 10.5. The Morgan fingerprint density at radius 3 is 2.68 bits per heavy atom. The van der Waals surface area contributed by atoms with Crippen molar-refractivity contribution in [3.8, 4) is 0 Å². The summed E-state index contributed by atoms with van der Waals surface area (Å²) in [6.07, 6.45) is 0. The van der Waals surface area contributed by atoms with Crippen LogP contribution in [-0.2, 0) is 4.74 Å². The van der Waals surface area contributed by atoms with Crippen LogP contribution in [-0.4, -0.2) is 50.2 Å². The Bertz CT molecular complexity index is 448. The number of piperazine rings is 1. The number of carbonyl (C=O) groups is 1. The van der Waals surface area contributed by atoms with Crippen molar-refractivity contribution in [2.45, 2.75) is 0 Å². The van der Waals surface area contributed by atoms with E-state index in [1.165, 1.54) is 6.07 Å². The van der Waals surface area contributed by atoms with Crippen molar-refractivity contribution in [2.75, 3.05) is 39.3 Å². The third kappa shape index (κ3) is 3.97. The van der Waals surface area contributed by atoms with Crippen LogP contribution in [0.5, 0.6) is 0 Å². The molecule has 1 heterocycles. The smallest absolute Gasteiger partial charge is 0.338 e. The van der Waals surface area contributed by atoms with Gasteiger partial charge in [-0.3, -0.25) is 4.90 Å². The molecule has 0 bridgehead atoms. The molecular formula is C13H16F2N2O2. The third-order valence-corrected chi connectivity index (χ3v) is 3.01. The van der Waals surface area contributed by atoms with Crippen LogP contribution in [0.3, 0.4) is 0 Å². The van der Waals surface area contributed by atoms with Crippen molar-refractivity contribution >= 4 is 5.97 Å². The van der Waals surface area contributed by atoms with Crippen LogP contribution < -0.4 is 5.32 Å². The Morgan fingerprint density at radius 1 is 1.26 bits per heavy atom. The van der Waals surface area contributed by atoms with E-state index < -0.39 is 17.6 Å². The first kappa shape index (κ1) is 13.9. The van der Waals surface area contributed by atoms with E-state index >= 15 is 0 Å². The van der Waals surface area contributed by atoms with Gasteiger partial charge in [0.15, 0.2) is 11.6 Å². The first-order chi connectivity index (χ1) is 9.16. The number of carbonyl (C=O) groups excluding carboxylic acids is 1. The normalized spacial score (nSPS) is 16.3. The number of hydrogen-bond donors (Lipinski definition) is 1. The van der Waals surface area contributed by atoms with E-state index in [0.717, 1.165) is 38.3 Å². The summed E-state index contributed by atoms with van der Waals surface area (Å²) in [7, 11) is 0. The van der Waals surface area contributed by atoms with Gasteiger partial charge in [0.05, 0.1) is 5.56 Å². The molecular weight excluding hydrogens is 254 g/mol. The minimum Gasteiger partial charge on any atom is -0.461 e. The summed E-state index contributed by atoms with van der Waals surface area (Å²) in [6.45, 7) is 4.59. The molecule has 1 fully saturated rings. The minimum atomic E-state index is -1.04. The average molecular weight is 270 g/mol. The van der Waals surface area contributed by atoms with Gasteiger partial charge in [-0.15, -0.1) is 0 Å². The average Bonchev–Trinajstić information content (AvgIpc) is 2.43. The fraction of sp³-hybridized carbons (Fsp3) is 0.462. The fourth-order valence-corrected chi connectivity index (χ4v) is 1.91. The zero-order valence-corrected chi connectivity index (χ0v) is 10.5. The van der Waals surface area contributed by atoms with Gasteiger partial charge in [-0.25, -0.2) is 13.6 Å². The van der Waals surface area contributed by atoms with Gasteiger partial charge in [-0.2, -0.15) is 0 Å². The predicted octanol–water partition coefficient (Wildman–Crippen LogP) is 1.03. The van der Waals surface area contributed by atoms with Crippen LogP contribution in [0.1, 0.15) is 10.4 Å². The predicted molar refractivity (Wildman–Crippen MR) is 66.0 cm³/mol. The SMILES string of the molecule is O=C(OCCN1CCNCC1)c1ccc(F)c(F)c1. The van der Waals surface area contributed by atoms with Crippen molar-refractivity contribution in [3.63, 3.8) is 0 Å². The molecule has 2 rings (SSSR count). The molecule has 1 aromatic rings. The molecule has 4 nitrogen and oxygen atoms in total. The van der Waals surface area contributed by atoms with Gasteiger partial charge < -0.3 is 10.1 Å². The summed E-state index contributed by atoms with van der Waals surface area (Å²) in [4.78, 5) is 13.8. The zero-order chi connectivity index (χ0) is 13.7. The lowest BCUT2D eigenvalue weighted by molar-refractivity contribution is 0.0455. The first-order valence-electron chi connectivity index (χ1n) is 6.22. The van der Waals surface area contributed by atoms with Gasteiger partial charge in [-0.05, 0) is 18.2 Å². The summed E-state index contributed by atoms with van der Waals surface area (Å²) in [6, 6.07) is 2.98. The third-order valence-electron chi connectivity index (χ3n) is 3.01. The molecule has 6 heteroatoms. The summed E-state index contributed by atoms with van der Waals surface area (Å²) in [5.74, 6) is -2.65. The summed E-state index contributed by atoms with van der Waals surface area (Å²) < 4.78 is 30.7. The number of halogens is 2. The highest BCUT2D eigenvalue weighted by molar-refractivity contribution is 5.89. The maximum absolute atomic E-state index is 13.0. The van der Waals surface area contributed by atoms with Crippen molar-refractivity contribution in [3.05, 3.63) is 35.4 Å². The number of nitrogens with one attached hydrogen (secondary N) is 1. The first-order valence-corrected chi connectivity index (χ1v) is 6.22. The largest absolute Gasteiger partial charge is 0.461 e. The summed E-state index contributed by atoms with van der Waals surface area (Å²) in [5, 5.41) is 3.22. The second kappa shape index (κ2) is 6.58. The summed E-state index contributed by atoms with van der Waals surface area (Å²) in [5.41, 5.74) is 0.0270. The monoisotopic (exact) mass is 270 g/mol. The molecule has 0 radical (unpaired) electrons. The van der Waals surface area contributed by atoms with E-state index in [1.54, 1.807) is 0 Å². The molecule has 0 unspecified atom stereocenters. The molecule has 0 atom stereocenters. The molecule has 1 saturated heterocycles. The van der Waals surface area contributed by atoms with Crippen LogP contribution in [0, 0.1) is 11.6 Å². The summed E-state index contributed by atoms with van der Waals surface area (Å²) >= 11 is 0. The molecule has 1 N–H and O–H groups in total. The van der Waals surface area contributed by atoms with Crippen LogP contribution >= 0.6 is 0 Å². The van der Waals surface area contributed by atoms with Gasteiger partial charge in [0.25, 0.3) is 0 Å². The van der Waals surface area contributed by atoms with Gasteiger partial charge in [0.1, 0.15) is 6.61 Å². The van der Waals surface area contributed by atoms with E-state index in [-0.39, 0.29) is 12.2 Å². The molecule has 1 aliphatic heterocycles. The molecule has 0 aromatic heterocycles. The van der Waals surface area contributed by atoms with Crippen LogP contribution in [0.2, 0.25) is 0 Å². The lowest BCUT2D eigenvalue weighted by Gasteiger charge is -2.26. The van der Waals surface area contributed by atoms with Gasteiger partial charge in [0, 0.05) is 32.7 Å². The lowest BCUT2D eigenvalue weighted by atomic mass is 10.2. The fourth-order valence-electron chi connectivity index (χ4n) is 1.91. The van der Waals surface area contributed by atoms with Gasteiger partial charge in [0.2, 0.25) is 0 Å². The van der Waals surface area contributed by atoms with Gasteiger partial charge >= 0.3 is 5.97 Å². The maximum Gasteiger partial charge on any atom is 0.338 e. The molecule has 0 spiro atoms. The minimum absolute atomic E-state index is 0.0270. The van der Waals surface area contributed by atoms with Crippen molar-refractivity contribution in [1.29, 1.82) is 0 Å². The number of rotatable bonds is 4. The highest BCUT2D eigenvalue weighted by Crippen LogP contribution is 2.09. The molecule has 1 aromatic carbocycles. The second-order valence-electron chi connectivity index (χ2n) is 4.36. The molecule has 0 aliphatic carbocycles. The van der Waals surface area contributed by atoms with Crippen LogP contribution in [0.15, 0.2) is 18.2 Å². The quantitative estimate of drug-likeness (QED) is 0.830. The number of nitrogens with zero attached hydrogens (tertiary/aromatic N) is 1. The molecule has 104 valence electrons.